The molecule has 1 aliphatic rings. The number of hydrogen-bond donors (Lipinski definition) is 0. The molecule has 1 saturated heterocycles. The van der Waals surface area contributed by atoms with Gasteiger partial charge in [0.1, 0.15) is 0 Å². The molecule has 0 aromatic heterocycles. The van der Waals surface area contributed by atoms with E-state index in [4.69, 9.17) is 11.6 Å². The average molecular weight is 295 g/mol. The lowest BCUT2D eigenvalue weighted by Crippen LogP contribution is -2.37. The zero-order valence-electron chi connectivity index (χ0n) is 11.8. The first-order chi connectivity index (χ1) is 9.56. The van der Waals surface area contributed by atoms with E-state index < -0.39 is 0 Å². The molecule has 2 rings (SSSR count). The van der Waals surface area contributed by atoms with Crippen molar-refractivity contribution in [2.45, 2.75) is 20.3 Å². The molecule has 20 heavy (non-hydrogen) atoms. The van der Waals surface area contributed by atoms with Crippen LogP contribution in [0, 0.1) is 5.92 Å². The third-order valence-electron chi connectivity index (χ3n) is 3.69. The van der Waals surface area contributed by atoms with E-state index in [0.717, 1.165) is 5.69 Å². The van der Waals surface area contributed by atoms with Crippen LogP contribution in [0.15, 0.2) is 24.3 Å². The van der Waals surface area contributed by atoms with Gasteiger partial charge in [-0.3, -0.25) is 9.59 Å². The molecule has 1 fully saturated rings. The molecule has 1 aromatic rings. The van der Waals surface area contributed by atoms with Gasteiger partial charge in [0.2, 0.25) is 11.8 Å². The van der Waals surface area contributed by atoms with Gasteiger partial charge in [-0.2, -0.15) is 0 Å². The summed E-state index contributed by atoms with van der Waals surface area (Å²) in [5.41, 5.74) is 0.800. The normalized spacial score (nSPS) is 18.4. The molecule has 0 radical (unpaired) electrons. The Morgan fingerprint density at radius 3 is 2.45 bits per heavy atom. The van der Waals surface area contributed by atoms with E-state index in [0.29, 0.717) is 24.7 Å². The molecule has 1 aliphatic heterocycles. The van der Waals surface area contributed by atoms with Gasteiger partial charge in [0.25, 0.3) is 0 Å². The smallest absolute Gasteiger partial charge is 0.227 e. The fraction of sp³-hybridized carbons (Fsp3) is 0.467. The van der Waals surface area contributed by atoms with Crippen molar-refractivity contribution in [2.24, 2.45) is 5.92 Å². The first kappa shape index (κ1) is 14.9. The molecule has 0 saturated carbocycles. The van der Waals surface area contributed by atoms with Crippen LogP contribution < -0.4 is 4.90 Å². The Labute approximate surface area is 124 Å². The van der Waals surface area contributed by atoms with Crippen molar-refractivity contribution < 1.29 is 9.59 Å². The highest BCUT2D eigenvalue weighted by molar-refractivity contribution is 6.30. The summed E-state index contributed by atoms with van der Waals surface area (Å²) in [5, 5.41) is 0.635. The molecule has 0 aliphatic carbocycles. The Hall–Kier alpha value is -1.55. The third kappa shape index (κ3) is 2.96. The number of benzene rings is 1. The van der Waals surface area contributed by atoms with Crippen molar-refractivity contribution in [3.8, 4) is 0 Å². The topological polar surface area (TPSA) is 40.6 Å². The lowest BCUT2D eigenvalue weighted by molar-refractivity contribution is -0.135. The van der Waals surface area contributed by atoms with Crippen molar-refractivity contribution in [2.75, 3.05) is 24.5 Å². The number of carbonyl (C=O) groups is 2. The van der Waals surface area contributed by atoms with Crippen LogP contribution in [0.25, 0.3) is 0 Å². The lowest BCUT2D eigenvalue weighted by Gasteiger charge is -2.22. The van der Waals surface area contributed by atoms with Crippen molar-refractivity contribution in [1.29, 1.82) is 0 Å². The highest BCUT2D eigenvalue weighted by Crippen LogP contribution is 2.27. The fourth-order valence-corrected chi connectivity index (χ4v) is 2.66. The molecule has 1 aromatic carbocycles. The van der Waals surface area contributed by atoms with E-state index in [1.54, 1.807) is 21.9 Å². The van der Waals surface area contributed by atoms with Crippen molar-refractivity contribution in [3.63, 3.8) is 0 Å². The zero-order chi connectivity index (χ0) is 14.7. The minimum Gasteiger partial charge on any atom is -0.343 e. The Bertz CT molecular complexity index is 497. The Morgan fingerprint density at radius 2 is 1.90 bits per heavy atom. The van der Waals surface area contributed by atoms with E-state index in [1.165, 1.54) is 0 Å². The second kappa shape index (κ2) is 6.27. The van der Waals surface area contributed by atoms with Crippen LogP contribution >= 0.6 is 11.6 Å². The predicted octanol–water partition coefficient (Wildman–Crippen LogP) is 2.56. The maximum atomic E-state index is 12.3. The average Bonchev–Trinajstić information content (AvgIpc) is 2.83. The molecule has 1 unspecified atom stereocenters. The van der Waals surface area contributed by atoms with Crippen LogP contribution in [-0.4, -0.2) is 36.3 Å². The second-order valence-electron chi connectivity index (χ2n) is 4.89. The Morgan fingerprint density at radius 1 is 1.30 bits per heavy atom. The summed E-state index contributed by atoms with van der Waals surface area (Å²) in [4.78, 5) is 27.9. The summed E-state index contributed by atoms with van der Waals surface area (Å²) in [6, 6.07) is 7.13. The van der Waals surface area contributed by atoms with Crippen LogP contribution in [0.4, 0.5) is 5.69 Å². The van der Waals surface area contributed by atoms with Crippen LogP contribution in [-0.2, 0) is 9.59 Å². The molecule has 0 bridgehead atoms. The van der Waals surface area contributed by atoms with Gasteiger partial charge >= 0.3 is 0 Å². The molecule has 4 nitrogen and oxygen atoms in total. The van der Waals surface area contributed by atoms with Gasteiger partial charge in [-0.15, -0.1) is 0 Å². The van der Waals surface area contributed by atoms with Gasteiger partial charge in [-0.1, -0.05) is 11.6 Å². The monoisotopic (exact) mass is 294 g/mol. The summed E-state index contributed by atoms with van der Waals surface area (Å²) < 4.78 is 0. The number of rotatable bonds is 4. The quantitative estimate of drug-likeness (QED) is 0.856. The summed E-state index contributed by atoms with van der Waals surface area (Å²) in [6.07, 6.45) is 0.290. The maximum absolute atomic E-state index is 12.3. The number of nitrogens with zero attached hydrogens (tertiary/aromatic N) is 2. The molecule has 1 atom stereocenters. The standard InChI is InChI=1S/C15H19ClN2O2/c1-3-17(4-2)15(20)11-9-14(19)18(10-11)13-7-5-12(16)6-8-13/h5-8,11H,3-4,9-10H2,1-2H3. The number of anilines is 1. The van der Waals surface area contributed by atoms with Crippen LogP contribution in [0.2, 0.25) is 5.02 Å². The van der Waals surface area contributed by atoms with E-state index in [1.807, 2.05) is 26.0 Å². The predicted molar refractivity (Wildman–Crippen MR) is 79.8 cm³/mol. The minimum atomic E-state index is -0.238. The number of amides is 2. The molecule has 0 spiro atoms. The van der Waals surface area contributed by atoms with Crippen LogP contribution in [0.5, 0.6) is 0 Å². The van der Waals surface area contributed by atoms with Crippen molar-refractivity contribution >= 4 is 29.1 Å². The lowest BCUT2D eigenvalue weighted by atomic mass is 10.1. The van der Waals surface area contributed by atoms with Crippen molar-refractivity contribution in [3.05, 3.63) is 29.3 Å². The largest absolute Gasteiger partial charge is 0.343 e. The Kier molecular flexibility index (Phi) is 4.65. The Balaban J connectivity index is 2.11. The minimum absolute atomic E-state index is 0.00201. The zero-order valence-corrected chi connectivity index (χ0v) is 12.6. The summed E-state index contributed by atoms with van der Waals surface area (Å²) in [6.45, 7) is 5.72. The van der Waals surface area contributed by atoms with Gasteiger partial charge in [-0.25, -0.2) is 0 Å². The first-order valence-corrected chi connectivity index (χ1v) is 7.29. The van der Waals surface area contributed by atoms with Gasteiger partial charge in [0.15, 0.2) is 0 Å². The van der Waals surface area contributed by atoms with Gasteiger partial charge in [0.05, 0.1) is 5.92 Å². The molecule has 1 heterocycles. The van der Waals surface area contributed by atoms with Gasteiger partial charge < -0.3 is 9.80 Å². The van der Waals surface area contributed by atoms with E-state index >= 15 is 0 Å². The number of halogens is 1. The highest BCUT2D eigenvalue weighted by atomic mass is 35.5. The van der Waals surface area contributed by atoms with Gasteiger partial charge in [0, 0.05) is 36.8 Å². The first-order valence-electron chi connectivity index (χ1n) is 6.91. The molecule has 5 heteroatoms. The fourth-order valence-electron chi connectivity index (χ4n) is 2.54. The highest BCUT2D eigenvalue weighted by Gasteiger charge is 2.36. The van der Waals surface area contributed by atoms with E-state index in [-0.39, 0.29) is 24.2 Å². The maximum Gasteiger partial charge on any atom is 0.227 e. The summed E-state index contributed by atoms with van der Waals surface area (Å²) in [5.74, 6) is -0.171. The molecular weight excluding hydrogens is 276 g/mol. The van der Waals surface area contributed by atoms with Crippen molar-refractivity contribution in [1.82, 2.24) is 4.90 Å². The molecule has 2 amide bonds. The number of carbonyl (C=O) groups excluding carboxylic acids is 2. The summed E-state index contributed by atoms with van der Waals surface area (Å²) in [7, 11) is 0. The van der Waals surface area contributed by atoms with E-state index in [9.17, 15) is 9.59 Å². The molecular formula is C15H19ClN2O2. The molecule has 0 N–H and O–H groups in total. The second-order valence-corrected chi connectivity index (χ2v) is 5.33. The van der Waals surface area contributed by atoms with E-state index in [2.05, 4.69) is 0 Å². The molecule has 108 valence electrons. The summed E-state index contributed by atoms with van der Waals surface area (Å²) >= 11 is 5.85. The van der Waals surface area contributed by atoms with Crippen LogP contribution in [0.1, 0.15) is 20.3 Å². The number of hydrogen-bond acceptors (Lipinski definition) is 2. The van der Waals surface area contributed by atoms with Crippen LogP contribution in [0.3, 0.4) is 0 Å². The van der Waals surface area contributed by atoms with Gasteiger partial charge in [-0.05, 0) is 38.1 Å². The third-order valence-corrected chi connectivity index (χ3v) is 3.94. The SMILES string of the molecule is CCN(CC)C(=O)C1CC(=O)N(c2ccc(Cl)cc2)C1.